The van der Waals surface area contributed by atoms with E-state index in [9.17, 15) is 9.00 Å². The van der Waals surface area contributed by atoms with Crippen LogP contribution in [0, 0.1) is 0 Å². The van der Waals surface area contributed by atoms with Gasteiger partial charge in [-0.25, -0.2) is 9.00 Å². The summed E-state index contributed by atoms with van der Waals surface area (Å²) in [6.07, 6.45) is 1.76. The van der Waals surface area contributed by atoms with E-state index < -0.39 is 17.0 Å². The molecule has 1 aromatic heterocycles. The van der Waals surface area contributed by atoms with E-state index in [0.29, 0.717) is 10.5 Å². The number of carbonyl (C=O) groups is 1. The topological polar surface area (TPSA) is 48.3 Å². The molecular formula is C16H13NO3S. The molecule has 0 radical (unpaired) electrons. The van der Waals surface area contributed by atoms with Gasteiger partial charge in [0, 0.05) is 11.6 Å². The zero-order valence-electron chi connectivity index (χ0n) is 11.4. The minimum Gasteiger partial charge on any atom is -0.465 e. The predicted molar refractivity (Wildman–Crippen MR) is 81.5 cm³/mol. The van der Waals surface area contributed by atoms with Gasteiger partial charge in [-0.05, 0) is 30.3 Å². The van der Waals surface area contributed by atoms with Crippen molar-refractivity contribution in [3.8, 4) is 0 Å². The van der Waals surface area contributed by atoms with Crippen LogP contribution >= 0.6 is 0 Å². The van der Waals surface area contributed by atoms with Crippen molar-refractivity contribution >= 4 is 27.9 Å². The van der Waals surface area contributed by atoms with Crippen LogP contribution in [-0.2, 0) is 15.7 Å². The fourth-order valence-electron chi connectivity index (χ4n) is 2.14. The third kappa shape index (κ3) is 2.48. The van der Waals surface area contributed by atoms with E-state index in [1.165, 1.54) is 7.11 Å². The molecule has 0 fully saturated rings. The maximum Gasteiger partial charge on any atom is 0.337 e. The van der Waals surface area contributed by atoms with Gasteiger partial charge in [0.05, 0.1) is 23.1 Å². The first kappa shape index (κ1) is 13.6. The highest BCUT2D eigenvalue weighted by molar-refractivity contribution is 7.83. The summed E-state index contributed by atoms with van der Waals surface area (Å²) in [7, 11) is -0.00817. The molecule has 5 heteroatoms. The maximum atomic E-state index is 12.6. The predicted octanol–water partition coefficient (Wildman–Crippen LogP) is 3.00. The Hall–Kier alpha value is -2.40. The first-order chi connectivity index (χ1) is 10.2. The van der Waals surface area contributed by atoms with Gasteiger partial charge in [0.2, 0.25) is 0 Å². The Morgan fingerprint density at radius 2 is 1.86 bits per heavy atom. The van der Waals surface area contributed by atoms with E-state index in [4.69, 9.17) is 4.74 Å². The molecule has 21 heavy (non-hydrogen) atoms. The molecule has 106 valence electrons. The van der Waals surface area contributed by atoms with Gasteiger partial charge >= 0.3 is 5.97 Å². The second kappa shape index (κ2) is 5.54. The molecule has 0 aliphatic heterocycles. The molecule has 3 aromatic rings. The second-order valence-electron chi connectivity index (χ2n) is 4.47. The van der Waals surface area contributed by atoms with E-state index in [1.807, 2.05) is 42.5 Å². The average molecular weight is 299 g/mol. The molecule has 1 heterocycles. The molecule has 4 nitrogen and oxygen atoms in total. The third-order valence-electron chi connectivity index (χ3n) is 3.20. The van der Waals surface area contributed by atoms with Crippen molar-refractivity contribution in [2.75, 3.05) is 7.11 Å². The van der Waals surface area contributed by atoms with Gasteiger partial charge in [-0.15, -0.1) is 0 Å². The lowest BCUT2D eigenvalue weighted by molar-refractivity contribution is 0.0601. The van der Waals surface area contributed by atoms with E-state index in [0.717, 1.165) is 10.9 Å². The first-order valence-corrected chi connectivity index (χ1v) is 7.48. The zero-order chi connectivity index (χ0) is 14.8. The Kier molecular flexibility index (Phi) is 3.58. The lowest BCUT2D eigenvalue weighted by atomic mass is 10.2. The standard InChI is InChI=1S/C16H13NO3S/c1-20-16(18)13-8-7-12-9-10-17(15(12)11-13)21(19)14-5-3-2-4-6-14/h2-11H,1H3. The van der Waals surface area contributed by atoms with Crippen LogP contribution in [0.5, 0.6) is 0 Å². The van der Waals surface area contributed by atoms with Crippen LogP contribution in [0.4, 0.5) is 0 Å². The lowest BCUT2D eigenvalue weighted by Gasteiger charge is -2.06. The summed E-state index contributed by atoms with van der Waals surface area (Å²) >= 11 is 0. The molecule has 2 aromatic carbocycles. The Balaban J connectivity index is 2.11. The summed E-state index contributed by atoms with van der Waals surface area (Å²) in [5.74, 6) is -0.407. The molecule has 3 rings (SSSR count). The van der Waals surface area contributed by atoms with Crippen molar-refractivity contribution in [2.24, 2.45) is 0 Å². The monoisotopic (exact) mass is 299 g/mol. The lowest BCUT2D eigenvalue weighted by Crippen LogP contribution is -2.05. The molecule has 0 spiro atoms. The molecule has 0 aliphatic carbocycles. The van der Waals surface area contributed by atoms with Crippen LogP contribution in [0.25, 0.3) is 10.9 Å². The van der Waals surface area contributed by atoms with Gasteiger partial charge in [0.1, 0.15) is 0 Å². The van der Waals surface area contributed by atoms with Crippen LogP contribution in [0.15, 0.2) is 65.7 Å². The number of rotatable bonds is 3. The SMILES string of the molecule is COC(=O)c1ccc2ccn(S(=O)c3ccccc3)c2c1. The largest absolute Gasteiger partial charge is 0.465 e. The number of fused-ring (bicyclic) bond motifs is 1. The van der Waals surface area contributed by atoms with Crippen LogP contribution in [0.2, 0.25) is 0 Å². The quantitative estimate of drug-likeness (QED) is 0.699. The van der Waals surface area contributed by atoms with Crippen molar-refractivity contribution in [3.05, 3.63) is 66.4 Å². The van der Waals surface area contributed by atoms with Crippen molar-refractivity contribution < 1.29 is 13.7 Å². The van der Waals surface area contributed by atoms with E-state index in [2.05, 4.69) is 0 Å². The summed E-state index contributed by atoms with van der Waals surface area (Å²) in [5.41, 5.74) is 1.18. The van der Waals surface area contributed by atoms with Gasteiger partial charge < -0.3 is 4.74 Å². The molecule has 0 bridgehead atoms. The number of hydrogen-bond acceptors (Lipinski definition) is 3. The summed E-state index contributed by atoms with van der Waals surface area (Å²) in [4.78, 5) is 12.3. The first-order valence-electron chi connectivity index (χ1n) is 6.37. The highest BCUT2D eigenvalue weighted by Gasteiger charge is 2.12. The van der Waals surface area contributed by atoms with Crippen molar-refractivity contribution in [1.82, 2.24) is 3.97 Å². The van der Waals surface area contributed by atoms with E-state index >= 15 is 0 Å². The van der Waals surface area contributed by atoms with Crippen LogP contribution in [-0.4, -0.2) is 21.3 Å². The summed E-state index contributed by atoms with van der Waals surface area (Å²) < 4.78 is 19.0. The maximum absolute atomic E-state index is 12.6. The molecular weight excluding hydrogens is 286 g/mol. The fraction of sp³-hybridized carbons (Fsp3) is 0.0625. The molecule has 1 unspecified atom stereocenters. The Morgan fingerprint density at radius 1 is 1.10 bits per heavy atom. The van der Waals surface area contributed by atoms with Crippen molar-refractivity contribution in [3.63, 3.8) is 0 Å². The number of carbonyl (C=O) groups excluding carboxylic acids is 1. The smallest absolute Gasteiger partial charge is 0.337 e. The minimum absolute atomic E-state index is 0.407. The molecule has 0 saturated heterocycles. The number of nitrogens with zero attached hydrogens (tertiary/aromatic N) is 1. The van der Waals surface area contributed by atoms with Gasteiger partial charge in [-0.1, -0.05) is 24.3 Å². The number of ether oxygens (including phenoxy) is 1. The molecule has 0 aliphatic rings. The third-order valence-corrected chi connectivity index (χ3v) is 4.55. The van der Waals surface area contributed by atoms with E-state index in [-0.39, 0.29) is 0 Å². The number of aromatic nitrogens is 1. The van der Waals surface area contributed by atoms with Gasteiger partial charge in [-0.2, -0.15) is 0 Å². The summed E-state index contributed by atoms with van der Waals surface area (Å²) in [6.45, 7) is 0. The molecule has 1 atom stereocenters. The molecule has 0 amide bonds. The summed E-state index contributed by atoms with van der Waals surface area (Å²) in [6, 6.07) is 16.3. The molecule has 0 N–H and O–H groups in total. The van der Waals surface area contributed by atoms with Crippen LogP contribution in [0.1, 0.15) is 10.4 Å². The van der Waals surface area contributed by atoms with Gasteiger partial charge in [-0.3, -0.25) is 3.97 Å². The normalized spacial score (nSPS) is 12.2. The van der Waals surface area contributed by atoms with Crippen LogP contribution in [0.3, 0.4) is 0 Å². The highest BCUT2D eigenvalue weighted by atomic mass is 32.2. The highest BCUT2D eigenvalue weighted by Crippen LogP contribution is 2.21. The number of esters is 1. The van der Waals surface area contributed by atoms with Gasteiger partial charge in [0.15, 0.2) is 11.0 Å². The number of methoxy groups -OCH3 is 1. The Labute approximate surface area is 124 Å². The number of benzene rings is 2. The van der Waals surface area contributed by atoms with Crippen LogP contribution < -0.4 is 0 Å². The molecule has 0 saturated carbocycles. The Bertz CT molecular complexity index is 824. The summed E-state index contributed by atoms with van der Waals surface area (Å²) in [5, 5.41) is 0.923. The number of hydrogen-bond donors (Lipinski definition) is 0. The fourth-order valence-corrected chi connectivity index (χ4v) is 3.27. The van der Waals surface area contributed by atoms with Crippen molar-refractivity contribution in [1.29, 1.82) is 0 Å². The van der Waals surface area contributed by atoms with Crippen molar-refractivity contribution in [2.45, 2.75) is 4.90 Å². The minimum atomic E-state index is -1.35. The van der Waals surface area contributed by atoms with Gasteiger partial charge in [0.25, 0.3) is 0 Å². The second-order valence-corrected chi connectivity index (χ2v) is 5.83. The average Bonchev–Trinajstić information content (AvgIpc) is 2.97. The Morgan fingerprint density at radius 3 is 2.57 bits per heavy atom. The zero-order valence-corrected chi connectivity index (χ0v) is 12.2. The van der Waals surface area contributed by atoms with E-state index in [1.54, 1.807) is 22.3 Å².